The highest BCUT2D eigenvalue weighted by atomic mass is 19.3. The van der Waals surface area contributed by atoms with E-state index in [0.29, 0.717) is 6.07 Å². The Morgan fingerprint density at radius 2 is 1.69 bits per heavy atom. The van der Waals surface area contributed by atoms with Gasteiger partial charge in [0.25, 0.3) is 5.91 Å². The molecule has 26 heavy (non-hydrogen) atoms. The van der Waals surface area contributed by atoms with Crippen LogP contribution < -0.4 is 15.4 Å². The summed E-state index contributed by atoms with van der Waals surface area (Å²) >= 11 is 0. The predicted molar refractivity (Wildman–Crippen MR) is 80.4 cm³/mol. The van der Waals surface area contributed by atoms with Crippen molar-refractivity contribution in [2.45, 2.75) is 6.61 Å². The maximum atomic E-state index is 13.5. The van der Waals surface area contributed by atoms with Gasteiger partial charge in [0.15, 0.2) is 17.5 Å². The molecule has 0 saturated heterocycles. The van der Waals surface area contributed by atoms with E-state index in [1.54, 1.807) is 0 Å². The van der Waals surface area contributed by atoms with Gasteiger partial charge in [0.1, 0.15) is 5.75 Å². The van der Waals surface area contributed by atoms with E-state index >= 15 is 0 Å². The van der Waals surface area contributed by atoms with Gasteiger partial charge in [-0.1, -0.05) is 12.1 Å². The molecule has 2 amide bonds. The summed E-state index contributed by atoms with van der Waals surface area (Å²) in [6.07, 6.45) is 0. The van der Waals surface area contributed by atoms with Crippen LogP contribution in [0.25, 0.3) is 0 Å². The first kappa shape index (κ1) is 19.2. The van der Waals surface area contributed by atoms with E-state index in [-0.39, 0.29) is 5.56 Å². The molecule has 0 aromatic heterocycles. The number of anilines is 1. The molecule has 0 atom stereocenters. The van der Waals surface area contributed by atoms with Crippen LogP contribution in [0.15, 0.2) is 36.4 Å². The fourth-order valence-corrected chi connectivity index (χ4v) is 1.93. The average Bonchev–Trinajstić information content (AvgIpc) is 2.60. The maximum Gasteiger partial charge on any atom is 0.387 e. The van der Waals surface area contributed by atoms with Gasteiger partial charge in [0.05, 0.1) is 17.8 Å². The van der Waals surface area contributed by atoms with Crippen molar-refractivity contribution in [3.63, 3.8) is 0 Å². The number of hydrogen-bond donors (Lipinski definition) is 2. The molecule has 138 valence electrons. The van der Waals surface area contributed by atoms with Gasteiger partial charge in [-0.05, 0) is 24.3 Å². The molecule has 0 fully saturated rings. The first-order chi connectivity index (χ1) is 12.3. The number of ether oxygens (including phenoxy) is 1. The SMILES string of the molecule is O=C(CNC(=O)c1ccccc1OC(F)F)Nc1ccc(F)c(F)c1F. The molecule has 0 unspecified atom stereocenters. The molecule has 0 spiro atoms. The monoisotopic (exact) mass is 374 g/mol. The Kier molecular flexibility index (Phi) is 6.10. The molecule has 0 bridgehead atoms. The van der Waals surface area contributed by atoms with Crippen LogP contribution in [0.2, 0.25) is 0 Å². The summed E-state index contributed by atoms with van der Waals surface area (Å²) in [4.78, 5) is 23.7. The lowest BCUT2D eigenvalue weighted by Crippen LogP contribution is -2.33. The van der Waals surface area contributed by atoms with E-state index in [1.807, 2.05) is 5.32 Å². The zero-order chi connectivity index (χ0) is 19.3. The molecule has 2 rings (SSSR count). The molecule has 0 aliphatic carbocycles. The van der Waals surface area contributed by atoms with Crippen LogP contribution in [-0.2, 0) is 4.79 Å². The van der Waals surface area contributed by atoms with E-state index in [2.05, 4.69) is 10.1 Å². The minimum absolute atomic E-state index is 0.250. The number of amides is 2. The number of benzene rings is 2. The number of carbonyl (C=O) groups excluding carboxylic acids is 2. The number of carbonyl (C=O) groups is 2. The van der Waals surface area contributed by atoms with Crippen molar-refractivity contribution in [3.05, 3.63) is 59.4 Å². The number of hydrogen-bond acceptors (Lipinski definition) is 3. The Morgan fingerprint density at radius 3 is 2.38 bits per heavy atom. The van der Waals surface area contributed by atoms with Gasteiger partial charge in [-0.25, -0.2) is 13.2 Å². The summed E-state index contributed by atoms with van der Waals surface area (Å²) < 4.78 is 68.2. The van der Waals surface area contributed by atoms with E-state index in [1.165, 1.54) is 18.2 Å². The van der Waals surface area contributed by atoms with E-state index in [9.17, 15) is 31.5 Å². The Morgan fingerprint density at radius 1 is 1.00 bits per heavy atom. The first-order valence-corrected chi connectivity index (χ1v) is 7.05. The summed E-state index contributed by atoms with van der Waals surface area (Å²) in [6.45, 7) is -3.83. The van der Waals surface area contributed by atoms with Crippen molar-refractivity contribution in [1.82, 2.24) is 5.32 Å². The second-order valence-electron chi connectivity index (χ2n) is 4.83. The smallest absolute Gasteiger partial charge is 0.387 e. The fraction of sp³-hybridized carbons (Fsp3) is 0.125. The van der Waals surface area contributed by atoms with Gasteiger partial charge in [0, 0.05) is 0 Å². The highest BCUT2D eigenvalue weighted by Crippen LogP contribution is 2.21. The van der Waals surface area contributed by atoms with Crippen molar-refractivity contribution in [2.24, 2.45) is 0 Å². The third-order valence-electron chi connectivity index (χ3n) is 3.07. The number of rotatable bonds is 6. The molecule has 5 nitrogen and oxygen atoms in total. The quantitative estimate of drug-likeness (QED) is 0.603. The summed E-state index contributed by atoms with van der Waals surface area (Å²) in [5.74, 6) is -7.03. The Hall–Kier alpha value is -3.17. The molecule has 0 heterocycles. The lowest BCUT2D eigenvalue weighted by Gasteiger charge is -2.11. The largest absolute Gasteiger partial charge is 0.434 e. The number of alkyl halides is 2. The number of nitrogens with one attached hydrogen (secondary N) is 2. The normalized spacial score (nSPS) is 10.5. The van der Waals surface area contributed by atoms with Crippen molar-refractivity contribution in [2.75, 3.05) is 11.9 Å². The third kappa shape index (κ3) is 4.68. The van der Waals surface area contributed by atoms with Crippen LogP contribution in [0.3, 0.4) is 0 Å². The molecule has 0 aliphatic rings. The molecule has 2 N–H and O–H groups in total. The highest BCUT2D eigenvalue weighted by Gasteiger charge is 2.18. The van der Waals surface area contributed by atoms with Gasteiger partial charge in [-0.2, -0.15) is 8.78 Å². The van der Waals surface area contributed by atoms with Gasteiger partial charge in [-0.3, -0.25) is 9.59 Å². The molecule has 0 aliphatic heterocycles. The second kappa shape index (κ2) is 8.28. The van der Waals surface area contributed by atoms with Gasteiger partial charge < -0.3 is 15.4 Å². The third-order valence-corrected chi connectivity index (χ3v) is 3.07. The molecule has 2 aromatic carbocycles. The zero-order valence-electron chi connectivity index (χ0n) is 12.9. The lowest BCUT2D eigenvalue weighted by molar-refractivity contribution is -0.115. The van der Waals surface area contributed by atoms with E-state index in [0.717, 1.165) is 12.1 Å². The number of halogens is 5. The minimum Gasteiger partial charge on any atom is -0.434 e. The van der Waals surface area contributed by atoms with Crippen molar-refractivity contribution in [1.29, 1.82) is 0 Å². The first-order valence-electron chi connectivity index (χ1n) is 7.05. The van der Waals surface area contributed by atoms with Crippen LogP contribution >= 0.6 is 0 Å². The Bertz CT molecular complexity index is 830. The fourth-order valence-electron chi connectivity index (χ4n) is 1.93. The predicted octanol–water partition coefficient (Wildman–Crippen LogP) is 3.07. The maximum absolute atomic E-state index is 13.5. The van der Waals surface area contributed by atoms with Gasteiger partial charge >= 0.3 is 6.61 Å². The van der Waals surface area contributed by atoms with Crippen LogP contribution in [0.4, 0.5) is 27.6 Å². The van der Waals surface area contributed by atoms with Gasteiger partial charge in [0.2, 0.25) is 5.91 Å². The summed E-state index contributed by atoms with van der Waals surface area (Å²) in [6, 6.07) is 6.51. The highest BCUT2D eigenvalue weighted by molar-refractivity contribution is 6.00. The van der Waals surface area contributed by atoms with Crippen molar-refractivity contribution in [3.8, 4) is 5.75 Å². The van der Waals surface area contributed by atoms with E-state index < -0.39 is 53.9 Å². The molecular weight excluding hydrogens is 363 g/mol. The summed E-state index contributed by atoms with van der Waals surface area (Å²) in [5.41, 5.74) is -0.871. The standard InChI is InChI=1S/C16H11F5N2O3/c17-9-5-6-10(14(19)13(9)18)23-12(24)7-22-15(25)8-3-1-2-4-11(8)26-16(20)21/h1-6,16H,7H2,(H,22,25)(H,23,24). The summed E-state index contributed by atoms with van der Waals surface area (Å²) in [7, 11) is 0. The Labute approximate surface area is 143 Å². The van der Waals surface area contributed by atoms with Crippen molar-refractivity contribution < 1.29 is 36.3 Å². The van der Waals surface area contributed by atoms with Gasteiger partial charge in [-0.15, -0.1) is 0 Å². The van der Waals surface area contributed by atoms with Crippen LogP contribution in [0.5, 0.6) is 5.75 Å². The van der Waals surface area contributed by atoms with Crippen molar-refractivity contribution >= 4 is 17.5 Å². The Balaban J connectivity index is 2.00. The van der Waals surface area contributed by atoms with E-state index in [4.69, 9.17) is 0 Å². The molecule has 0 radical (unpaired) electrons. The van der Waals surface area contributed by atoms with Crippen LogP contribution in [0, 0.1) is 17.5 Å². The van der Waals surface area contributed by atoms with Crippen LogP contribution in [-0.4, -0.2) is 25.0 Å². The molecule has 10 heteroatoms. The molecule has 0 saturated carbocycles. The zero-order valence-corrected chi connectivity index (χ0v) is 12.9. The number of para-hydroxylation sites is 1. The lowest BCUT2D eigenvalue weighted by atomic mass is 10.2. The molecular formula is C16H11F5N2O3. The average molecular weight is 374 g/mol. The molecule has 2 aromatic rings. The minimum atomic E-state index is -3.15. The topological polar surface area (TPSA) is 67.4 Å². The summed E-state index contributed by atoms with van der Waals surface area (Å²) in [5, 5.41) is 4.06. The second-order valence-corrected chi connectivity index (χ2v) is 4.83. The van der Waals surface area contributed by atoms with Crippen LogP contribution in [0.1, 0.15) is 10.4 Å².